The molecule has 0 radical (unpaired) electrons. The molecule has 1 aliphatic rings. The minimum atomic E-state index is -4.51. The third kappa shape index (κ3) is 7.19. The third-order valence-corrected chi connectivity index (χ3v) is 5.79. The number of allylic oxidation sites excluding steroid dienone is 2. The van der Waals surface area contributed by atoms with E-state index in [0.29, 0.717) is 19.2 Å². The Morgan fingerprint density at radius 2 is 1.97 bits per heavy atom. The number of benzene rings is 1. The summed E-state index contributed by atoms with van der Waals surface area (Å²) in [5, 5.41) is 2.86. The molecule has 0 aromatic heterocycles. The van der Waals surface area contributed by atoms with Gasteiger partial charge in [0.1, 0.15) is 5.82 Å². The van der Waals surface area contributed by atoms with Gasteiger partial charge in [-0.15, -0.1) is 0 Å². The number of amidine groups is 1. The molecule has 11 heteroatoms. The predicted octanol–water partition coefficient (Wildman–Crippen LogP) is 5.16. The molecule has 0 saturated carbocycles. The van der Waals surface area contributed by atoms with E-state index in [4.69, 9.17) is 0 Å². The molecule has 1 saturated heterocycles. The summed E-state index contributed by atoms with van der Waals surface area (Å²) in [6.07, 6.45) is 0.798. The van der Waals surface area contributed by atoms with Crippen LogP contribution in [0, 0.1) is 11.7 Å². The molecule has 7 nitrogen and oxygen atoms in total. The van der Waals surface area contributed by atoms with Crippen molar-refractivity contribution in [1.29, 1.82) is 0 Å². The van der Waals surface area contributed by atoms with Gasteiger partial charge in [0.05, 0.1) is 11.6 Å². The van der Waals surface area contributed by atoms with Crippen LogP contribution in [0.5, 0.6) is 0 Å². The first-order valence-corrected chi connectivity index (χ1v) is 11.3. The standard InChI is InChI=1S/C25H30F4N6O/c1-6-12-32-22(30-4)18-10-7-11-19(26)21(18)23(36)35-13-8-9-16(2)20(35)15-34-24(31-5)33-14-17(3)25(27,28)29/h6-7,10-12,14,16,20H,4-5,8-9,13,15H2,1-3H3,(H,33,34)/b12-6-,17-14+,32-22-/t16-,20?/m1/s1. The normalized spacial score (nSPS) is 20.0. The summed E-state index contributed by atoms with van der Waals surface area (Å²) in [4.78, 5) is 30.6. The van der Waals surface area contributed by atoms with Gasteiger partial charge in [0.25, 0.3) is 5.91 Å². The fourth-order valence-corrected chi connectivity index (χ4v) is 3.79. The molecular weight excluding hydrogens is 476 g/mol. The van der Waals surface area contributed by atoms with E-state index in [9.17, 15) is 18.0 Å². The Morgan fingerprint density at radius 3 is 2.58 bits per heavy atom. The van der Waals surface area contributed by atoms with E-state index in [1.54, 1.807) is 24.0 Å². The topological polar surface area (TPSA) is 81.8 Å². The van der Waals surface area contributed by atoms with Crippen LogP contribution in [0.4, 0.5) is 17.6 Å². The van der Waals surface area contributed by atoms with Gasteiger partial charge in [0.2, 0.25) is 5.96 Å². The van der Waals surface area contributed by atoms with Crippen LogP contribution >= 0.6 is 0 Å². The number of hydrogen-bond donors (Lipinski definition) is 1. The number of carbonyl (C=O) groups is 1. The highest BCUT2D eigenvalue weighted by atomic mass is 19.4. The largest absolute Gasteiger partial charge is 0.413 e. The van der Waals surface area contributed by atoms with Crippen LogP contribution in [-0.2, 0) is 0 Å². The van der Waals surface area contributed by atoms with Crippen LogP contribution < -0.4 is 5.32 Å². The monoisotopic (exact) mass is 506 g/mol. The Balaban J connectivity index is 2.38. The maximum Gasteiger partial charge on any atom is 0.413 e. The number of likely N-dealkylation sites (tertiary alicyclic amines) is 1. The molecule has 36 heavy (non-hydrogen) atoms. The number of amides is 1. The van der Waals surface area contributed by atoms with E-state index in [1.165, 1.54) is 18.3 Å². The van der Waals surface area contributed by atoms with Crippen LogP contribution in [0.2, 0.25) is 0 Å². The number of nitrogens with one attached hydrogen (secondary N) is 1. The van der Waals surface area contributed by atoms with Crippen LogP contribution in [0.15, 0.2) is 62.2 Å². The molecule has 0 spiro atoms. The zero-order chi connectivity index (χ0) is 26.9. The zero-order valence-electron chi connectivity index (χ0n) is 20.5. The Hall–Kier alpha value is -3.63. The Morgan fingerprint density at radius 1 is 1.25 bits per heavy atom. The summed E-state index contributed by atoms with van der Waals surface area (Å²) in [6, 6.07) is 3.79. The lowest BCUT2D eigenvalue weighted by Crippen LogP contribution is -2.53. The Kier molecular flexibility index (Phi) is 10.2. The van der Waals surface area contributed by atoms with E-state index >= 15 is 4.39 Å². The second-order valence-corrected chi connectivity index (χ2v) is 8.24. The maximum atomic E-state index is 15.0. The van der Waals surface area contributed by atoms with Crippen LogP contribution in [-0.4, -0.2) is 61.3 Å². The first kappa shape index (κ1) is 28.6. The minimum Gasteiger partial charge on any atom is -0.352 e. The highest BCUT2D eigenvalue weighted by Gasteiger charge is 2.35. The van der Waals surface area contributed by atoms with Crippen LogP contribution in [0.3, 0.4) is 0 Å². The number of carbonyl (C=O) groups excluding carboxylic acids is 1. The van der Waals surface area contributed by atoms with Crippen molar-refractivity contribution >= 4 is 31.1 Å². The van der Waals surface area contributed by atoms with E-state index in [-0.39, 0.29) is 35.4 Å². The molecule has 2 atom stereocenters. The molecule has 1 aromatic carbocycles. The summed E-state index contributed by atoms with van der Waals surface area (Å²) in [7, 11) is 0. The number of alkyl halides is 3. The Bertz CT molecular complexity index is 1090. The lowest BCUT2D eigenvalue weighted by Gasteiger charge is -2.40. The first-order chi connectivity index (χ1) is 17.0. The smallest absolute Gasteiger partial charge is 0.352 e. The van der Waals surface area contributed by atoms with Crippen LogP contribution in [0.25, 0.3) is 0 Å². The molecule has 1 fully saturated rings. The number of guanidine groups is 1. The van der Waals surface area contributed by atoms with Crippen LogP contribution in [0.1, 0.15) is 49.5 Å². The number of halogens is 4. The lowest BCUT2D eigenvalue weighted by molar-refractivity contribution is -0.0914. The second-order valence-electron chi connectivity index (χ2n) is 8.24. The number of hydrogen-bond acceptors (Lipinski definition) is 3. The van der Waals surface area contributed by atoms with Gasteiger partial charge in [-0.05, 0) is 52.1 Å². The highest BCUT2D eigenvalue weighted by Crippen LogP contribution is 2.27. The second kappa shape index (κ2) is 12.9. The molecule has 194 valence electrons. The molecular formula is C25H30F4N6O. The van der Waals surface area contributed by atoms with Gasteiger partial charge in [-0.2, -0.15) is 13.2 Å². The number of piperidine rings is 1. The van der Waals surface area contributed by atoms with Crippen molar-refractivity contribution in [2.24, 2.45) is 25.9 Å². The summed E-state index contributed by atoms with van der Waals surface area (Å²) >= 11 is 0. The van der Waals surface area contributed by atoms with Crippen molar-refractivity contribution in [2.75, 3.05) is 13.1 Å². The highest BCUT2D eigenvalue weighted by molar-refractivity contribution is 6.11. The number of aliphatic imine (C=N–C) groups is 4. The van der Waals surface area contributed by atoms with Gasteiger partial charge in [-0.25, -0.2) is 24.4 Å². The third-order valence-electron chi connectivity index (χ3n) is 5.79. The first-order valence-electron chi connectivity index (χ1n) is 11.3. The van der Waals surface area contributed by atoms with Crippen molar-refractivity contribution < 1.29 is 22.4 Å². The van der Waals surface area contributed by atoms with Crippen molar-refractivity contribution in [1.82, 2.24) is 10.2 Å². The van der Waals surface area contributed by atoms with E-state index in [1.807, 2.05) is 6.92 Å². The molecule has 1 amide bonds. The quantitative estimate of drug-likeness (QED) is 0.329. The molecule has 1 heterocycles. The summed E-state index contributed by atoms with van der Waals surface area (Å²) in [5.74, 6) is -1.27. The van der Waals surface area contributed by atoms with Gasteiger partial charge >= 0.3 is 6.18 Å². The summed E-state index contributed by atoms with van der Waals surface area (Å²) in [6.45, 7) is 11.9. The fraction of sp³-hybridized carbons (Fsp3) is 0.400. The van der Waals surface area contributed by atoms with Crippen molar-refractivity contribution in [2.45, 2.75) is 45.8 Å². The molecule has 2 rings (SSSR count). The summed E-state index contributed by atoms with van der Waals surface area (Å²) in [5.41, 5.74) is -0.862. The molecule has 0 bridgehead atoms. The molecule has 1 unspecified atom stereocenters. The maximum absolute atomic E-state index is 15.0. The van der Waals surface area contributed by atoms with E-state index in [0.717, 1.165) is 13.3 Å². The van der Waals surface area contributed by atoms with Gasteiger partial charge in [0, 0.05) is 36.6 Å². The molecule has 1 aliphatic heterocycles. The SMILES string of the molecule is C=N/C(=N\C=C(/C)C(F)(F)F)NCC1[C@H](C)CCCN1C(=O)c1c(F)cccc1/C(N=C)=N/C=C\C. The Labute approximate surface area is 208 Å². The number of rotatable bonds is 6. The molecule has 1 N–H and O–H groups in total. The molecule has 1 aromatic rings. The average Bonchev–Trinajstić information content (AvgIpc) is 2.84. The van der Waals surface area contributed by atoms with Crippen molar-refractivity contribution in [3.63, 3.8) is 0 Å². The van der Waals surface area contributed by atoms with Gasteiger partial charge in [-0.3, -0.25) is 4.79 Å². The minimum absolute atomic E-state index is 0.0117. The molecule has 0 aliphatic carbocycles. The van der Waals surface area contributed by atoms with Gasteiger partial charge in [0.15, 0.2) is 5.84 Å². The van der Waals surface area contributed by atoms with E-state index in [2.05, 4.69) is 38.7 Å². The number of nitrogens with zero attached hydrogens (tertiary/aromatic N) is 5. The van der Waals surface area contributed by atoms with E-state index < -0.39 is 29.5 Å². The lowest BCUT2D eigenvalue weighted by atomic mass is 9.89. The van der Waals surface area contributed by atoms with Gasteiger partial charge < -0.3 is 10.2 Å². The van der Waals surface area contributed by atoms with Gasteiger partial charge in [-0.1, -0.05) is 25.1 Å². The predicted molar refractivity (Wildman–Crippen MR) is 135 cm³/mol. The fourth-order valence-electron chi connectivity index (χ4n) is 3.79. The van der Waals surface area contributed by atoms with Crippen molar-refractivity contribution in [3.8, 4) is 0 Å². The average molecular weight is 507 g/mol. The summed E-state index contributed by atoms with van der Waals surface area (Å²) < 4.78 is 53.2. The van der Waals surface area contributed by atoms with Crippen molar-refractivity contribution in [3.05, 3.63) is 59.2 Å². The zero-order valence-corrected chi connectivity index (χ0v) is 20.5.